The molecule has 0 fully saturated rings. The van der Waals surface area contributed by atoms with E-state index in [0.29, 0.717) is 17.1 Å². The minimum atomic E-state index is 0.350. The van der Waals surface area contributed by atoms with Gasteiger partial charge in [0.2, 0.25) is 5.95 Å². The number of ether oxygens (including phenoxy) is 1. The van der Waals surface area contributed by atoms with Crippen molar-refractivity contribution in [3.05, 3.63) is 0 Å². The number of hydrogen-bond acceptors (Lipinski definition) is 6. The van der Waals surface area contributed by atoms with Gasteiger partial charge >= 0.3 is 6.01 Å². The number of nitrogens with zero attached hydrogens (tertiary/aromatic N) is 3. The minimum Gasteiger partial charge on any atom is -0.467 e. The predicted molar refractivity (Wildman–Crippen MR) is 56.9 cm³/mol. The van der Waals surface area contributed by atoms with Gasteiger partial charge in [-0.3, -0.25) is 0 Å². The monoisotopic (exact) mass is 214 g/mol. The third-order valence-corrected chi connectivity index (χ3v) is 2.04. The van der Waals surface area contributed by atoms with Crippen LogP contribution < -0.4 is 10.1 Å². The molecule has 0 aliphatic rings. The number of rotatable bonds is 5. The Morgan fingerprint density at radius 3 is 2.71 bits per heavy atom. The minimum absolute atomic E-state index is 0.350. The zero-order valence-electron chi connectivity index (χ0n) is 8.57. The molecule has 1 aromatic rings. The molecular formula is C8H14N4OS. The molecule has 0 saturated heterocycles. The third kappa shape index (κ3) is 3.02. The zero-order valence-corrected chi connectivity index (χ0v) is 9.39. The number of anilines is 1. The molecule has 1 rings (SSSR count). The predicted octanol–water partition coefficient (Wildman–Crippen LogP) is 1.42. The first-order chi connectivity index (χ1) is 6.80. The summed E-state index contributed by atoms with van der Waals surface area (Å²) in [4.78, 5) is 12.3. The quantitative estimate of drug-likeness (QED) is 0.748. The van der Waals surface area contributed by atoms with E-state index < -0.39 is 0 Å². The Morgan fingerprint density at radius 1 is 1.36 bits per heavy atom. The van der Waals surface area contributed by atoms with E-state index in [-0.39, 0.29) is 0 Å². The van der Waals surface area contributed by atoms with Crippen molar-refractivity contribution in [2.75, 3.05) is 25.2 Å². The maximum absolute atomic E-state index is 4.96. The lowest BCUT2D eigenvalue weighted by Gasteiger charge is -2.05. The molecule has 0 radical (unpaired) electrons. The van der Waals surface area contributed by atoms with Gasteiger partial charge < -0.3 is 10.1 Å². The molecule has 14 heavy (non-hydrogen) atoms. The lowest BCUT2D eigenvalue weighted by molar-refractivity contribution is 0.373. The van der Waals surface area contributed by atoms with Crippen LogP contribution in [0.3, 0.4) is 0 Å². The summed E-state index contributed by atoms with van der Waals surface area (Å²) >= 11 is 1.46. The van der Waals surface area contributed by atoms with Gasteiger partial charge in [0.25, 0.3) is 0 Å². The van der Waals surface area contributed by atoms with Gasteiger partial charge in [-0.05, 0) is 12.7 Å². The molecule has 0 spiro atoms. The van der Waals surface area contributed by atoms with Crippen LogP contribution in [0.2, 0.25) is 0 Å². The molecule has 0 atom stereocenters. The number of thioether (sulfide) groups is 1. The van der Waals surface area contributed by atoms with Crippen molar-refractivity contribution in [1.82, 2.24) is 15.0 Å². The Hall–Kier alpha value is -1.04. The molecule has 0 bridgehead atoms. The summed E-state index contributed by atoms with van der Waals surface area (Å²) in [6.45, 7) is 2.93. The Balaban J connectivity index is 2.81. The molecule has 0 saturated carbocycles. The fourth-order valence-corrected chi connectivity index (χ4v) is 1.18. The SMILES string of the molecule is CCCNc1nc(OC)nc(SC)n1. The van der Waals surface area contributed by atoms with E-state index in [9.17, 15) is 0 Å². The van der Waals surface area contributed by atoms with Gasteiger partial charge in [-0.25, -0.2) is 0 Å². The molecule has 5 nitrogen and oxygen atoms in total. The Morgan fingerprint density at radius 2 is 2.14 bits per heavy atom. The van der Waals surface area contributed by atoms with E-state index >= 15 is 0 Å². The summed E-state index contributed by atoms with van der Waals surface area (Å²) in [5.41, 5.74) is 0. The van der Waals surface area contributed by atoms with Crippen LogP contribution in [0.5, 0.6) is 6.01 Å². The molecule has 0 amide bonds. The first kappa shape index (κ1) is 11.0. The average Bonchev–Trinajstić information content (AvgIpc) is 2.25. The van der Waals surface area contributed by atoms with E-state index in [2.05, 4.69) is 27.2 Å². The lowest BCUT2D eigenvalue weighted by atomic mass is 10.5. The van der Waals surface area contributed by atoms with Gasteiger partial charge in [-0.1, -0.05) is 18.7 Å². The molecule has 0 aromatic carbocycles. The highest BCUT2D eigenvalue weighted by Gasteiger charge is 2.04. The first-order valence-corrected chi connectivity index (χ1v) is 5.60. The summed E-state index contributed by atoms with van der Waals surface area (Å²) in [6, 6.07) is 0.350. The summed E-state index contributed by atoms with van der Waals surface area (Å²) in [7, 11) is 1.54. The van der Waals surface area contributed by atoms with Gasteiger partial charge in [-0.2, -0.15) is 15.0 Å². The summed E-state index contributed by atoms with van der Waals surface area (Å²) in [5, 5.41) is 3.75. The molecular weight excluding hydrogens is 200 g/mol. The van der Waals surface area contributed by atoms with Gasteiger partial charge in [0, 0.05) is 6.54 Å². The number of methoxy groups -OCH3 is 1. The van der Waals surface area contributed by atoms with Crippen molar-refractivity contribution in [3.63, 3.8) is 0 Å². The molecule has 6 heteroatoms. The highest BCUT2D eigenvalue weighted by Crippen LogP contribution is 2.14. The van der Waals surface area contributed by atoms with Gasteiger partial charge in [-0.15, -0.1) is 0 Å². The molecule has 0 unspecified atom stereocenters. The number of nitrogens with one attached hydrogen (secondary N) is 1. The van der Waals surface area contributed by atoms with Crippen LogP contribution in [0.1, 0.15) is 13.3 Å². The number of hydrogen-bond donors (Lipinski definition) is 1. The molecule has 78 valence electrons. The number of aromatic nitrogens is 3. The maximum Gasteiger partial charge on any atom is 0.321 e. The largest absolute Gasteiger partial charge is 0.467 e. The van der Waals surface area contributed by atoms with Crippen LogP contribution in [-0.4, -0.2) is 34.9 Å². The van der Waals surface area contributed by atoms with Crippen molar-refractivity contribution < 1.29 is 4.74 Å². The maximum atomic E-state index is 4.96. The van der Waals surface area contributed by atoms with Crippen molar-refractivity contribution in [3.8, 4) is 6.01 Å². The van der Waals surface area contributed by atoms with E-state index in [1.165, 1.54) is 11.8 Å². The second-order valence-corrected chi connectivity index (χ2v) is 3.33. The summed E-state index contributed by atoms with van der Waals surface area (Å²) in [6.07, 6.45) is 2.95. The van der Waals surface area contributed by atoms with Crippen molar-refractivity contribution in [1.29, 1.82) is 0 Å². The molecule has 0 aliphatic carbocycles. The smallest absolute Gasteiger partial charge is 0.321 e. The summed E-state index contributed by atoms with van der Waals surface area (Å²) < 4.78 is 4.96. The van der Waals surface area contributed by atoms with Crippen molar-refractivity contribution >= 4 is 17.7 Å². The second-order valence-electron chi connectivity index (χ2n) is 2.56. The molecule has 1 aromatic heterocycles. The van der Waals surface area contributed by atoms with Gasteiger partial charge in [0.1, 0.15) is 0 Å². The van der Waals surface area contributed by atoms with E-state index in [1.54, 1.807) is 7.11 Å². The molecule has 1 N–H and O–H groups in total. The Labute approximate surface area is 87.7 Å². The fourth-order valence-electron chi connectivity index (χ4n) is 0.836. The normalized spacial score (nSPS) is 9.93. The van der Waals surface area contributed by atoms with E-state index in [4.69, 9.17) is 4.74 Å². The van der Waals surface area contributed by atoms with Crippen LogP contribution >= 0.6 is 11.8 Å². The van der Waals surface area contributed by atoms with Crippen LogP contribution in [0.15, 0.2) is 5.16 Å². The van der Waals surface area contributed by atoms with E-state index in [1.807, 2.05) is 6.26 Å². The van der Waals surface area contributed by atoms with Crippen LogP contribution in [-0.2, 0) is 0 Å². The zero-order chi connectivity index (χ0) is 10.4. The lowest BCUT2D eigenvalue weighted by Crippen LogP contribution is -2.07. The summed E-state index contributed by atoms with van der Waals surface area (Å²) in [5.74, 6) is 0.572. The third-order valence-electron chi connectivity index (χ3n) is 1.49. The van der Waals surface area contributed by atoms with Crippen LogP contribution in [0, 0.1) is 0 Å². The Kier molecular flexibility index (Phi) is 4.45. The standard InChI is InChI=1S/C8H14N4OS/c1-4-5-9-6-10-7(13-2)12-8(11-6)14-3/h4-5H2,1-3H3,(H,9,10,11,12). The molecule has 0 aliphatic heterocycles. The highest BCUT2D eigenvalue weighted by molar-refractivity contribution is 7.98. The van der Waals surface area contributed by atoms with Crippen molar-refractivity contribution in [2.24, 2.45) is 0 Å². The molecule has 1 heterocycles. The second kappa shape index (κ2) is 5.64. The Bertz CT molecular complexity index is 272. The first-order valence-electron chi connectivity index (χ1n) is 4.38. The van der Waals surface area contributed by atoms with Gasteiger partial charge in [0.05, 0.1) is 7.11 Å². The topological polar surface area (TPSA) is 59.9 Å². The highest BCUT2D eigenvalue weighted by atomic mass is 32.2. The average molecular weight is 214 g/mol. The fraction of sp³-hybridized carbons (Fsp3) is 0.625. The van der Waals surface area contributed by atoms with Gasteiger partial charge in [0.15, 0.2) is 5.16 Å². The van der Waals surface area contributed by atoms with Crippen LogP contribution in [0.4, 0.5) is 5.95 Å². The van der Waals surface area contributed by atoms with Crippen LogP contribution in [0.25, 0.3) is 0 Å². The van der Waals surface area contributed by atoms with Crippen molar-refractivity contribution in [2.45, 2.75) is 18.5 Å². The van der Waals surface area contributed by atoms with E-state index in [0.717, 1.165) is 13.0 Å².